The van der Waals surface area contributed by atoms with Crippen molar-refractivity contribution in [1.82, 2.24) is 0 Å². The fourth-order valence-electron chi connectivity index (χ4n) is 2.44. The highest BCUT2D eigenvalue weighted by Gasteiger charge is 2.07. The molecule has 0 aliphatic carbocycles. The molecule has 2 nitrogen and oxygen atoms in total. The van der Waals surface area contributed by atoms with Gasteiger partial charge in [0.05, 0.1) is 0 Å². The van der Waals surface area contributed by atoms with Gasteiger partial charge in [-0.15, -0.1) is 0 Å². The Morgan fingerprint density at radius 3 is 2.00 bits per heavy atom. The van der Waals surface area contributed by atoms with E-state index >= 15 is 0 Å². The van der Waals surface area contributed by atoms with Crippen LogP contribution in [0.3, 0.4) is 0 Å². The molecule has 0 heterocycles. The van der Waals surface area contributed by atoms with Crippen LogP contribution in [0.15, 0.2) is 71.2 Å². The van der Waals surface area contributed by atoms with Crippen LogP contribution in [-0.4, -0.2) is 6.61 Å². The van der Waals surface area contributed by atoms with E-state index in [1.54, 1.807) is 6.08 Å². The molecule has 0 spiro atoms. The summed E-state index contributed by atoms with van der Waals surface area (Å²) in [6.07, 6.45) is 1.60. The molecule has 5 heteroatoms. The van der Waals surface area contributed by atoms with E-state index in [0.717, 1.165) is 27.8 Å². The van der Waals surface area contributed by atoms with Crippen molar-refractivity contribution in [2.75, 3.05) is 6.61 Å². The Labute approximate surface area is 161 Å². The maximum absolute atomic E-state index is 5.99. The van der Waals surface area contributed by atoms with E-state index in [1.807, 2.05) is 60.7 Å². The van der Waals surface area contributed by atoms with Crippen LogP contribution in [0.1, 0.15) is 5.56 Å². The zero-order chi connectivity index (χ0) is 17.6. The van der Waals surface area contributed by atoms with E-state index in [1.165, 1.54) is 0 Å². The van der Waals surface area contributed by atoms with Crippen molar-refractivity contribution in [3.63, 3.8) is 0 Å². The standard InChI is InChI=1S/C20H15Cl3O2/c21-15-9-7-14(8-10-15)13-25-19-6-2-3-16-17(19)4-1-5-18(16)24-12-11-20(22)23/h1-11H,12-13H2. The van der Waals surface area contributed by atoms with Crippen LogP contribution >= 0.6 is 34.8 Å². The van der Waals surface area contributed by atoms with Gasteiger partial charge >= 0.3 is 0 Å². The Balaban J connectivity index is 1.81. The van der Waals surface area contributed by atoms with Crippen molar-refractivity contribution >= 4 is 45.6 Å². The minimum Gasteiger partial charge on any atom is -0.489 e. The third-order valence-corrected chi connectivity index (χ3v) is 4.19. The molecule has 0 aliphatic rings. The molecule has 128 valence electrons. The summed E-state index contributed by atoms with van der Waals surface area (Å²) >= 11 is 17.1. The highest BCUT2D eigenvalue weighted by atomic mass is 35.5. The lowest BCUT2D eigenvalue weighted by atomic mass is 10.1. The summed E-state index contributed by atoms with van der Waals surface area (Å²) in [5, 5.41) is 2.66. The average molecular weight is 394 g/mol. The molecule has 0 saturated heterocycles. The van der Waals surface area contributed by atoms with Crippen molar-refractivity contribution < 1.29 is 9.47 Å². The minimum absolute atomic E-state index is 0.187. The molecule has 0 bridgehead atoms. The number of benzene rings is 3. The predicted octanol–water partition coefficient (Wildman–Crippen LogP) is 6.77. The van der Waals surface area contributed by atoms with E-state index in [0.29, 0.717) is 18.2 Å². The summed E-state index contributed by atoms with van der Waals surface area (Å²) in [5.74, 6) is 1.55. The normalized spacial score (nSPS) is 10.5. The molecule has 3 rings (SSSR count). The van der Waals surface area contributed by atoms with Crippen molar-refractivity contribution in [2.24, 2.45) is 0 Å². The van der Waals surface area contributed by atoms with Gasteiger partial charge in [-0.1, -0.05) is 71.2 Å². The quantitative estimate of drug-likeness (QED) is 0.460. The van der Waals surface area contributed by atoms with Crippen molar-refractivity contribution in [2.45, 2.75) is 6.61 Å². The fraction of sp³-hybridized carbons (Fsp3) is 0.100. The zero-order valence-corrected chi connectivity index (χ0v) is 15.5. The van der Waals surface area contributed by atoms with Gasteiger partial charge in [-0.05, 0) is 35.9 Å². The Hall–Kier alpha value is -1.87. The minimum atomic E-state index is 0.187. The van der Waals surface area contributed by atoms with Crippen LogP contribution in [0.4, 0.5) is 0 Å². The van der Waals surface area contributed by atoms with Gasteiger partial charge in [-0.25, -0.2) is 0 Å². The van der Waals surface area contributed by atoms with Gasteiger partial charge < -0.3 is 9.47 Å². The third-order valence-electron chi connectivity index (χ3n) is 3.63. The fourth-order valence-corrected chi connectivity index (χ4v) is 2.69. The van der Waals surface area contributed by atoms with Crippen LogP contribution in [-0.2, 0) is 6.61 Å². The van der Waals surface area contributed by atoms with Gasteiger partial charge in [-0.2, -0.15) is 0 Å². The number of rotatable bonds is 6. The molecule has 0 aliphatic heterocycles. The van der Waals surface area contributed by atoms with Crippen LogP contribution in [0.25, 0.3) is 10.8 Å². The summed E-state index contributed by atoms with van der Waals surface area (Å²) < 4.78 is 11.9. The summed E-state index contributed by atoms with van der Waals surface area (Å²) in [4.78, 5) is 0. The summed E-state index contributed by atoms with van der Waals surface area (Å²) in [6, 6.07) is 19.3. The van der Waals surface area contributed by atoms with Gasteiger partial charge in [0.1, 0.15) is 29.2 Å². The van der Waals surface area contributed by atoms with E-state index in [-0.39, 0.29) is 4.49 Å². The average Bonchev–Trinajstić information content (AvgIpc) is 2.61. The summed E-state index contributed by atoms with van der Waals surface area (Å²) in [5.41, 5.74) is 1.05. The highest BCUT2D eigenvalue weighted by molar-refractivity contribution is 6.55. The number of hydrogen-bond acceptors (Lipinski definition) is 2. The van der Waals surface area contributed by atoms with Crippen LogP contribution in [0.5, 0.6) is 11.5 Å². The molecule has 0 atom stereocenters. The van der Waals surface area contributed by atoms with Gasteiger partial charge in [0.15, 0.2) is 0 Å². The zero-order valence-electron chi connectivity index (χ0n) is 13.2. The second-order valence-electron chi connectivity index (χ2n) is 5.33. The molecule has 0 unspecified atom stereocenters. The number of halogens is 3. The van der Waals surface area contributed by atoms with Gasteiger partial charge in [0.2, 0.25) is 0 Å². The first-order chi connectivity index (χ1) is 12.1. The molecular weight excluding hydrogens is 379 g/mol. The molecule has 0 saturated carbocycles. The van der Waals surface area contributed by atoms with Crippen LogP contribution in [0, 0.1) is 0 Å². The molecule has 0 amide bonds. The second kappa shape index (κ2) is 8.48. The maximum Gasteiger partial charge on any atom is 0.127 e. The smallest absolute Gasteiger partial charge is 0.127 e. The monoisotopic (exact) mass is 392 g/mol. The van der Waals surface area contributed by atoms with E-state index in [9.17, 15) is 0 Å². The lowest BCUT2D eigenvalue weighted by Crippen LogP contribution is -1.97. The first-order valence-electron chi connectivity index (χ1n) is 7.66. The summed E-state index contributed by atoms with van der Waals surface area (Å²) in [7, 11) is 0. The molecule has 0 radical (unpaired) electrons. The SMILES string of the molecule is ClC(Cl)=CCOc1cccc2c(OCc3ccc(Cl)cc3)cccc12. The molecule has 25 heavy (non-hydrogen) atoms. The number of fused-ring (bicyclic) bond motifs is 1. The third kappa shape index (κ3) is 4.82. The largest absolute Gasteiger partial charge is 0.489 e. The van der Waals surface area contributed by atoms with Gasteiger partial charge in [-0.3, -0.25) is 0 Å². The lowest BCUT2D eigenvalue weighted by molar-refractivity contribution is 0.310. The van der Waals surface area contributed by atoms with E-state index in [2.05, 4.69) is 0 Å². The predicted molar refractivity (Wildman–Crippen MR) is 105 cm³/mol. The number of ether oxygens (including phenoxy) is 2. The molecule has 0 aromatic heterocycles. The molecule has 3 aromatic rings. The molecule has 3 aromatic carbocycles. The van der Waals surface area contributed by atoms with Crippen molar-refractivity contribution in [3.05, 3.63) is 81.8 Å². The Morgan fingerprint density at radius 1 is 0.800 bits per heavy atom. The van der Waals surface area contributed by atoms with Gasteiger partial charge in [0, 0.05) is 15.8 Å². The van der Waals surface area contributed by atoms with E-state index < -0.39 is 0 Å². The topological polar surface area (TPSA) is 18.5 Å². The van der Waals surface area contributed by atoms with E-state index in [4.69, 9.17) is 44.3 Å². The first kappa shape index (κ1) is 17.9. The van der Waals surface area contributed by atoms with Gasteiger partial charge in [0.25, 0.3) is 0 Å². The van der Waals surface area contributed by atoms with Crippen LogP contribution in [0.2, 0.25) is 5.02 Å². The lowest BCUT2D eigenvalue weighted by Gasteiger charge is -2.12. The molecule has 0 N–H and O–H groups in total. The second-order valence-corrected chi connectivity index (χ2v) is 6.77. The Morgan fingerprint density at radius 2 is 1.40 bits per heavy atom. The number of hydrogen-bond donors (Lipinski definition) is 0. The van der Waals surface area contributed by atoms with Crippen molar-refractivity contribution in [3.8, 4) is 11.5 Å². The molecule has 0 fully saturated rings. The molecular formula is C20H15Cl3O2. The van der Waals surface area contributed by atoms with Crippen LogP contribution < -0.4 is 9.47 Å². The highest BCUT2D eigenvalue weighted by Crippen LogP contribution is 2.32. The maximum atomic E-state index is 5.99. The summed E-state index contributed by atoms with van der Waals surface area (Å²) in [6.45, 7) is 0.767. The Kier molecular flexibility index (Phi) is 6.09. The van der Waals surface area contributed by atoms with Crippen molar-refractivity contribution in [1.29, 1.82) is 0 Å². The Bertz CT molecular complexity index is 885. The first-order valence-corrected chi connectivity index (χ1v) is 8.80.